The molecule has 0 radical (unpaired) electrons. The lowest BCUT2D eigenvalue weighted by Crippen LogP contribution is -2.17. The van der Waals surface area contributed by atoms with E-state index < -0.39 is 0 Å². The Labute approximate surface area is 112 Å². The van der Waals surface area contributed by atoms with Gasteiger partial charge in [0.15, 0.2) is 11.1 Å². The van der Waals surface area contributed by atoms with Crippen LogP contribution in [-0.4, -0.2) is 18.6 Å². The first-order valence-electron chi connectivity index (χ1n) is 7.03. The molecule has 3 atom stereocenters. The van der Waals surface area contributed by atoms with E-state index in [1.807, 2.05) is 18.2 Å². The third-order valence-corrected chi connectivity index (χ3v) is 4.63. The highest BCUT2D eigenvalue weighted by molar-refractivity contribution is 5.79. The van der Waals surface area contributed by atoms with E-state index in [0.29, 0.717) is 5.92 Å². The molecular weight excluding hydrogens is 240 g/mol. The van der Waals surface area contributed by atoms with E-state index in [0.717, 1.165) is 35.2 Å². The number of nitrogens with one attached hydrogen (secondary N) is 1. The first-order chi connectivity index (χ1) is 9.36. The molecule has 1 aromatic heterocycles. The smallest absolute Gasteiger partial charge is 0.213 e. The number of benzene rings is 1. The first kappa shape index (κ1) is 11.3. The molecule has 2 fully saturated rings. The molecule has 100 valence electrons. The summed E-state index contributed by atoms with van der Waals surface area (Å²) >= 11 is 0. The van der Waals surface area contributed by atoms with E-state index in [-0.39, 0.29) is 6.04 Å². The van der Waals surface area contributed by atoms with Crippen LogP contribution in [0, 0.1) is 11.8 Å². The summed E-state index contributed by atoms with van der Waals surface area (Å²) in [5.41, 5.74) is 1.65. The summed E-state index contributed by atoms with van der Waals surface area (Å²) in [6, 6.07) is 6.10. The number of rotatable bonds is 2. The molecule has 0 bridgehead atoms. The van der Waals surface area contributed by atoms with Gasteiger partial charge in [-0.15, -0.1) is 0 Å². The molecule has 4 rings (SSSR count). The highest BCUT2D eigenvalue weighted by Gasteiger charge is 2.41. The van der Waals surface area contributed by atoms with Crippen molar-refractivity contribution in [2.45, 2.75) is 25.3 Å². The molecule has 2 aliphatic rings. The van der Waals surface area contributed by atoms with E-state index in [9.17, 15) is 0 Å². The average Bonchev–Trinajstić information content (AvgIpc) is 3.11. The summed E-state index contributed by atoms with van der Waals surface area (Å²) < 4.78 is 11.3. The van der Waals surface area contributed by atoms with Crippen molar-refractivity contribution in [2.75, 3.05) is 13.7 Å². The number of ether oxygens (including phenoxy) is 1. The number of oxazole rings is 1. The van der Waals surface area contributed by atoms with Crippen LogP contribution in [0.3, 0.4) is 0 Å². The van der Waals surface area contributed by atoms with E-state index in [1.165, 1.54) is 19.3 Å². The van der Waals surface area contributed by atoms with Gasteiger partial charge in [-0.1, -0.05) is 12.5 Å². The fourth-order valence-electron chi connectivity index (χ4n) is 3.70. The van der Waals surface area contributed by atoms with Crippen molar-refractivity contribution in [3.63, 3.8) is 0 Å². The zero-order valence-electron chi connectivity index (χ0n) is 11.1. The van der Waals surface area contributed by atoms with Gasteiger partial charge in [0.05, 0.1) is 13.2 Å². The van der Waals surface area contributed by atoms with Gasteiger partial charge in [-0.3, -0.25) is 0 Å². The summed E-state index contributed by atoms with van der Waals surface area (Å²) in [5, 5.41) is 3.58. The summed E-state index contributed by atoms with van der Waals surface area (Å²) in [4.78, 5) is 4.67. The minimum atomic E-state index is 0.282. The van der Waals surface area contributed by atoms with Crippen LogP contribution in [0.5, 0.6) is 5.75 Å². The Hall–Kier alpha value is -1.55. The van der Waals surface area contributed by atoms with Crippen molar-refractivity contribution in [3.8, 4) is 5.75 Å². The van der Waals surface area contributed by atoms with Crippen molar-refractivity contribution in [1.29, 1.82) is 0 Å². The Morgan fingerprint density at radius 3 is 3.21 bits per heavy atom. The van der Waals surface area contributed by atoms with Gasteiger partial charge in [0.2, 0.25) is 5.89 Å². The molecule has 1 saturated carbocycles. The number of hydrogen-bond donors (Lipinski definition) is 1. The molecule has 4 nitrogen and oxygen atoms in total. The Morgan fingerprint density at radius 2 is 2.32 bits per heavy atom. The Balaban J connectivity index is 1.75. The van der Waals surface area contributed by atoms with Crippen LogP contribution in [0.4, 0.5) is 0 Å². The van der Waals surface area contributed by atoms with E-state index in [2.05, 4.69) is 10.3 Å². The number of methoxy groups -OCH3 is 1. The molecule has 1 aliphatic heterocycles. The number of para-hydroxylation sites is 1. The normalized spacial score (nSPS) is 29.8. The van der Waals surface area contributed by atoms with Crippen LogP contribution >= 0.6 is 0 Å². The topological polar surface area (TPSA) is 47.3 Å². The maximum Gasteiger partial charge on any atom is 0.213 e. The van der Waals surface area contributed by atoms with Gasteiger partial charge >= 0.3 is 0 Å². The molecular formula is C15H18N2O2. The van der Waals surface area contributed by atoms with Crippen LogP contribution in [-0.2, 0) is 0 Å². The Kier molecular flexibility index (Phi) is 2.52. The molecule has 2 heterocycles. The van der Waals surface area contributed by atoms with E-state index in [1.54, 1.807) is 7.11 Å². The zero-order chi connectivity index (χ0) is 12.8. The van der Waals surface area contributed by atoms with Crippen LogP contribution in [0.2, 0.25) is 0 Å². The number of nitrogens with zero attached hydrogens (tertiary/aromatic N) is 1. The predicted octanol–water partition coefficient (Wildman–Crippen LogP) is 2.90. The van der Waals surface area contributed by atoms with Gasteiger partial charge in [-0.25, -0.2) is 4.98 Å². The van der Waals surface area contributed by atoms with Crippen molar-refractivity contribution in [1.82, 2.24) is 10.3 Å². The molecule has 0 amide bonds. The summed E-state index contributed by atoms with van der Waals surface area (Å²) in [5.74, 6) is 3.11. The fraction of sp³-hybridized carbons (Fsp3) is 0.533. The van der Waals surface area contributed by atoms with Crippen molar-refractivity contribution >= 4 is 11.1 Å². The van der Waals surface area contributed by atoms with Gasteiger partial charge in [0.1, 0.15) is 5.75 Å². The van der Waals surface area contributed by atoms with Crippen molar-refractivity contribution in [2.24, 2.45) is 11.8 Å². The van der Waals surface area contributed by atoms with Crippen molar-refractivity contribution in [3.05, 3.63) is 24.1 Å². The highest BCUT2D eigenvalue weighted by atomic mass is 16.5. The monoisotopic (exact) mass is 258 g/mol. The molecule has 2 aromatic rings. The third-order valence-electron chi connectivity index (χ3n) is 4.63. The van der Waals surface area contributed by atoms with Crippen LogP contribution in [0.1, 0.15) is 31.2 Å². The van der Waals surface area contributed by atoms with E-state index in [4.69, 9.17) is 9.15 Å². The first-order valence-corrected chi connectivity index (χ1v) is 7.03. The second kappa shape index (κ2) is 4.23. The summed E-state index contributed by atoms with van der Waals surface area (Å²) in [7, 11) is 1.67. The molecule has 1 aliphatic carbocycles. The van der Waals surface area contributed by atoms with Crippen LogP contribution in [0.15, 0.2) is 22.6 Å². The summed E-state index contributed by atoms with van der Waals surface area (Å²) in [6.07, 6.45) is 3.98. The minimum Gasteiger partial charge on any atom is -0.494 e. The lowest BCUT2D eigenvalue weighted by atomic mass is 9.94. The number of hydrogen-bond acceptors (Lipinski definition) is 4. The number of aromatic nitrogens is 1. The second-order valence-corrected chi connectivity index (χ2v) is 5.60. The van der Waals surface area contributed by atoms with Gasteiger partial charge in [-0.05, 0) is 43.4 Å². The SMILES string of the molecule is COc1cccc2oc(C3NCC4CCCC43)nc12. The van der Waals surface area contributed by atoms with Gasteiger partial charge in [0, 0.05) is 0 Å². The molecule has 0 spiro atoms. The molecule has 3 unspecified atom stereocenters. The third kappa shape index (κ3) is 1.66. The minimum absolute atomic E-state index is 0.282. The number of fused-ring (bicyclic) bond motifs is 2. The Morgan fingerprint density at radius 1 is 1.37 bits per heavy atom. The maximum absolute atomic E-state index is 5.95. The molecule has 4 heteroatoms. The van der Waals surface area contributed by atoms with Crippen molar-refractivity contribution < 1.29 is 9.15 Å². The van der Waals surface area contributed by atoms with Gasteiger partial charge < -0.3 is 14.5 Å². The zero-order valence-corrected chi connectivity index (χ0v) is 11.1. The fourth-order valence-corrected chi connectivity index (χ4v) is 3.70. The predicted molar refractivity (Wildman–Crippen MR) is 72.1 cm³/mol. The lowest BCUT2D eigenvalue weighted by molar-refractivity contribution is 0.356. The molecule has 1 saturated heterocycles. The standard InChI is InChI=1S/C15H18N2O2/c1-18-11-6-3-7-12-14(11)17-15(19-12)13-10-5-2-4-9(10)8-16-13/h3,6-7,9-10,13,16H,2,4-5,8H2,1H3. The molecule has 1 N–H and O–H groups in total. The largest absolute Gasteiger partial charge is 0.494 e. The summed E-state index contributed by atoms with van der Waals surface area (Å²) in [6.45, 7) is 1.10. The second-order valence-electron chi connectivity index (χ2n) is 5.60. The van der Waals surface area contributed by atoms with Gasteiger partial charge in [0.25, 0.3) is 0 Å². The lowest BCUT2D eigenvalue weighted by Gasteiger charge is -2.13. The average molecular weight is 258 g/mol. The van der Waals surface area contributed by atoms with E-state index >= 15 is 0 Å². The van der Waals surface area contributed by atoms with Gasteiger partial charge in [-0.2, -0.15) is 0 Å². The maximum atomic E-state index is 5.95. The highest BCUT2D eigenvalue weighted by Crippen LogP contribution is 2.44. The Bertz CT molecular complexity index is 607. The van der Waals surface area contributed by atoms with Crippen LogP contribution < -0.4 is 10.1 Å². The quantitative estimate of drug-likeness (QED) is 0.899. The molecule has 1 aromatic carbocycles. The molecule has 19 heavy (non-hydrogen) atoms. The van der Waals surface area contributed by atoms with Crippen LogP contribution in [0.25, 0.3) is 11.1 Å².